The molecule has 1 nitrogen and oxygen atoms in total. The van der Waals surface area contributed by atoms with Gasteiger partial charge in [-0.2, -0.15) is 0 Å². The normalized spacial score (nSPS) is 18.2. The SMILES string of the molecule is CC(F)(F)c1c(Cl)cccc1CCC1(N)CC1. The maximum atomic E-state index is 13.5. The van der Waals surface area contributed by atoms with Crippen molar-refractivity contribution in [1.82, 2.24) is 0 Å². The van der Waals surface area contributed by atoms with E-state index in [2.05, 4.69) is 0 Å². The first-order valence-corrected chi connectivity index (χ1v) is 6.14. The summed E-state index contributed by atoms with van der Waals surface area (Å²) < 4.78 is 27.0. The van der Waals surface area contributed by atoms with Crippen LogP contribution >= 0.6 is 11.6 Å². The fourth-order valence-corrected chi connectivity index (χ4v) is 2.42. The number of rotatable bonds is 4. The van der Waals surface area contributed by atoms with Gasteiger partial charge in [-0.05, 0) is 37.3 Å². The number of aryl methyl sites for hydroxylation is 1. The molecule has 0 heterocycles. The van der Waals surface area contributed by atoms with Crippen molar-refractivity contribution in [2.45, 2.75) is 44.1 Å². The first kappa shape index (κ1) is 12.8. The van der Waals surface area contributed by atoms with Crippen molar-refractivity contribution in [3.8, 4) is 0 Å². The zero-order valence-corrected chi connectivity index (χ0v) is 10.5. The summed E-state index contributed by atoms with van der Waals surface area (Å²) in [6, 6.07) is 4.93. The average Bonchev–Trinajstić information content (AvgIpc) is 2.92. The molecule has 1 aromatic carbocycles. The van der Waals surface area contributed by atoms with E-state index in [9.17, 15) is 8.78 Å². The molecule has 2 rings (SSSR count). The molecule has 0 aliphatic heterocycles. The van der Waals surface area contributed by atoms with E-state index < -0.39 is 5.92 Å². The van der Waals surface area contributed by atoms with Crippen LogP contribution in [0.5, 0.6) is 0 Å². The van der Waals surface area contributed by atoms with E-state index in [0.717, 1.165) is 26.2 Å². The molecular weight excluding hydrogens is 244 g/mol. The van der Waals surface area contributed by atoms with Gasteiger partial charge >= 0.3 is 0 Å². The summed E-state index contributed by atoms with van der Waals surface area (Å²) >= 11 is 5.87. The fraction of sp³-hybridized carbons (Fsp3) is 0.538. The molecule has 94 valence electrons. The minimum Gasteiger partial charge on any atom is -0.325 e. The predicted molar refractivity (Wildman–Crippen MR) is 65.5 cm³/mol. The summed E-state index contributed by atoms with van der Waals surface area (Å²) in [5.41, 5.74) is 6.41. The lowest BCUT2D eigenvalue weighted by Crippen LogP contribution is -2.23. The minimum absolute atomic E-state index is 0.0501. The summed E-state index contributed by atoms with van der Waals surface area (Å²) in [5, 5.41) is 0.136. The Morgan fingerprint density at radius 1 is 1.41 bits per heavy atom. The Morgan fingerprint density at radius 2 is 2.06 bits per heavy atom. The van der Waals surface area contributed by atoms with Crippen LogP contribution in [-0.2, 0) is 12.3 Å². The molecule has 4 heteroatoms. The van der Waals surface area contributed by atoms with Crippen LogP contribution in [0.2, 0.25) is 5.02 Å². The second-order valence-electron chi connectivity index (χ2n) is 5.02. The van der Waals surface area contributed by atoms with Gasteiger partial charge in [-0.1, -0.05) is 23.7 Å². The smallest absolute Gasteiger partial charge is 0.272 e. The topological polar surface area (TPSA) is 26.0 Å². The molecule has 0 bridgehead atoms. The molecular formula is C13H16ClF2N. The third-order valence-corrected chi connectivity index (χ3v) is 3.64. The van der Waals surface area contributed by atoms with Crippen LogP contribution in [0.4, 0.5) is 8.78 Å². The minimum atomic E-state index is -2.90. The van der Waals surface area contributed by atoms with E-state index >= 15 is 0 Å². The van der Waals surface area contributed by atoms with Crippen LogP contribution in [0.25, 0.3) is 0 Å². The molecule has 1 aromatic rings. The van der Waals surface area contributed by atoms with E-state index in [0.29, 0.717) is 12.0 Å². The van der Waals surface area contributed by atoms with E-state index in [4.69, 9.17) is 17.3 Å². The van der Waals surface area contributed by atoms with Gasteiger partial charge < -0.3 is 5.73 Å². The van der Waals surface area contributed by atoms with Crippen molar-refractivity contribution in [2.75, 3.05) is 0 Å². The van der Waals surface area contributed by atoms with Gasteiger partial charge in [-0.15, -0.1) is 0 Å². The molecule has 1 saturated carbocycles. The zero-order valence-electron chi connectivity index (χ0n) is 9.77. The highest BCUT2D eigenvalue weighted by atomic mass is 35.5. The van der Waals surface area contributed by atoms with Gasteiger partial charge in [0.2, 0.25) is 0 Å². The van der Waals surface area contributed by atoms with Crippen molar-refractivity contribution < 1.29 is 8.78 Å². The van der Waals surface area contributed by atoms with Gasteiger partial charge in [0, 0.05) is 18.0 Å². The Morgan fingerprint density at radius 3 is 2.59 bits per heavy atom. The van der Waals surface area contributed by atoms with Crippen LogP contribution in [0.15, 0.2) is 18.2 Å². The van der Waals surface area contributed by atoms with Gasteiger partial charge in [0.05, 0.1) is 5.02 Å². The van der Waals surface area contributed by atoms with Crippen molar-refractivity contribution >= 4 is 11.6 Å². The highest BCUT2D eigenvalue weighted by Crippen LogP contribution is 2.40. The summed E-state index contributed by atoms with van der Waals surface area (Å²) in [4.78, 5) is 0. The second-order valence-corrected chi connectivity index (χ2v) is 5.43. The molecule has 2 N–H and O–H groups in total. The average molecular weight is 260 g/mol. The van der Waals surface area contributed by atoms with Gasteiger partial charge in [0.25, 0.3) is 5.92 Å². The number of alkyl halides is 2. The third-order valence-electron chi connectivity index (χ3n) is 3.32. The monoisotopic (exact) mass is 259 g/mol. The Bertz CT molecular complexity index is 422. The van der Waals surface area contributed by atoms with E-state index in [1.807, 2.05) is 0 Å². The lowest BCUT2D eigenvalue weighted by Gasteiger charge is -2.18. The standard InChI is InChI=1S/C13H16ClF2N/c1-12(15,16)11-9(3-2-4-10(11)14)5-6-13(17)7-8-13/h2-4H,5-8,17H2,1H3. The van der Waals surface area contributed by atoms with Crippen molar-refractivity contribution in [2.24, 2.45) is 5.73 Å². The number of hydrogen-bond donors (Lipinski definition) is 1. The van der Waals surface area contributed by atoms with E-state index in [1.54, 1.807) is 12.1 Å². The molecule has 0 atom stereocenters. The summed E-state index contributed by atoms with van der Waals surface area (Å²) in [7, 11) is 0. The molecule has 0 aromatic heterocycles. The lowest BCUT2D eigenvalue weighted by molar-refractivity contribution is 0.0166. The first-order valence-electron chi connectivity index (χ1n) is 5.76. The molecule has 1 aliphatic carbocycles. The van der Waals surface area contributed by atoms with Gasteiger partial charge in [-0.3, -0.25) is 0 Å². The molecule has 0 amide bonds. The number of benzene rings is 1. The van der Waals surface area contributed by atoms with Crippen molar-refractivity contribution in [3.05, 3.63) is 34.3 Å². The number of nitrogens with two attached hydrogens (primary N) is 1. The third kappa shape index (κ3) is 2.96. The van der Waals surface area contributed by atoms with Gasteiger partial charge in [-0.25, -0.2) is 8.78 Å². The zero-order chi connectivity index (χ0) is 12.7. The van der Waals surface area contributed by atoms with Crippen LogP contribution in [-0.4, -0.2) is 5.54 Å². The Labute approximate surface area is 105 Å². The first-order chi connectivity index (χ1) is 7.82. The van der Waals surface area contributed by atoms with Crippen LogP contribution < -0.4 is 5.73 Å². The number of hydrogen-bond acceptors (Lipinski definition) is 1. The summed E-state index contributed by atoms with van der Waals surface area (Å²) in [6.45, 7) is 0.882. The maximum Gasteiger partial charge on any atom is 0.272 e. The van der Waals surface area contributed by atoms with Crippen LogP contribution in [0.1, 0.15) is 37.3 Å². The van der Waals surface area contributed by atoms with E-state index in [-0.39, 0.29) is 16.1 Å². The number of halogens is 3. The molecule has 1 fully saturated rings. The van der Waals surface area contributed by atoms with Crippen LogP contribution in [0, 0.1) is 0 Å². The second kappa shape index (κ2) is 4.21. The summed E-state index contributed by atoms with van der Waals surface area (Å²) in [6.07, 6.45) is 3.29. The van der Waals surface area contributed by atoms with Gasteiger partial charge in [0.1, 0.15) is 0 Å². The van der Waals surface area contributed by atoms with E-state index in [1.165, 1.54) is 6.07 Å². The molecule has 0 unspecified atom stereocenters. The lowest BCUT2D eigenvalue weighted by atomic mass is 9.96. The van der Waals surface area contributed by atoms with Crippen molar-refractivity contribution in [1.29, 1.82) is 0 Å². The largest absolute Gasteiger partial charge is 0.325 e. The molecule has 0 saturated heterocycles. The molecule has 1 aliphatic rings. The van der Waals surface area contributed by atoms with Gasteiger partial charge in [0.15, 0.2) is 0 Å². The Hall–Kier alpha value is -0.670. The fourth-order valence-electron chi connectivity index (χ4n) is 2.06. The molecule has 0 spiro atoms. The molecule has 0 radical (unpaired) electrons. The maximum absolute atomic E-state index is 13.5. The van der Waals surface area contributed by atoms with Crippen molar-refractivity contribution in [3.63, 3.8) is 0 Å². The highest BCUT2D eigenvalue weighted by molar-refractivity contribution is 6.31. The Balaban J connectivity index is 2.23. The molecule has 17 heavy (non-hydrogen) atoms. The Kier molecular flexibility index (Phi) is 3.17. The summed E-state index contributed by atoms with van der Waals surface area (Å²) in [5.74, 6) is -2.90. The predicted octanol–water partition coefficient (Wildman–Crippen LogP) is 3.88. The quantitative estimate of drug-likeness (QED) is 0.873. The highest BCUT2D eigenvalue weighted by Gasteiger charge is 2.38. The van der Waals surface area contributed by atoms with Crippen LogP contribution in [0.3, 0.4) is 0 Å².